The van der Waals surface area contributed by atoms with Crippen molar-refractivity contribution in [1.82, 2.24) is 5.32 Å². The molecule has 20 heavy (non-hydrogen) atoms. The summed E-state index contributed by atoms with van der Waals surface area (Å²) in [5, 5.41) is 3.36. The van der Waals surface area contributed by atoms with Gasteiger partial charge in [-0.1, -0.05) is 31.2 Å². The molecule has 0 aliphatic carbocycles. The van der Waals surface area contributed by atoms with Crippen LogP contribution in [0.5, 0.6) is 0 Å². The van der Waals surface area contributed by atoms with E-state index in [9.17, 15) is 8.78 Å². The highest BCUT2D eigenvalue weighted by Crippen LogP contribution is 2.25. The predicted molar refractivity (Wildman–Crippen MR) is 77.8 cm³/mol. The molecule has 0 radical (unpaired) electrons. The van der Waals surface area contributed by atoms with Crippen molar-refractivity contribution in [2.45, 2.75) is 26.8 Å². The summed E-state index contributed by atoms with van der Waals surface area (Å²) in [7, 11) is 0. The Balaban J connectivity index is 2.44. The quantitative estimate of drug-likeness (QED) is 0.878. The summed E-state index contributed by atoms with van der Waals surface area (Å²) in [5.74, 6) is -0.418. The first kappa shape index (κ1) is 14.7. The van der Waals surface area contributed by atoms with Crippen molar-refractivity contribution in [3.05, 3.63) is 70.3 Å². The van der Waals surface area contributed by atoms with Crippen LogP contribution in [-0.4, -0.2) is 6.54 Å². The Labute approximate surface area is 118 Å². The van der Waals surface area contributed by atoms with Crippen molar-refractivity contribution >= 4 is 0 Å². The normalized spacial score (nSPS) is 11.1. The van der Waals surface area contributed by atoms with Gasteiger partial charge in [-0.3, -0.25) is 0 Å². The highest BCUT2D eigenvalue weighted by atomic mass is 19.1. The fourth-order valence-electron chi connectivity index (χ4n) is 2.33. The van der Waals surface area contributed by atoms with Crippen LogP contribution in [0.1, 0.15) is 35.2 Å². The van der Waals surface area contributed by atoms with Gasteiger partial charge in [-0.2, -0.15) is 0 Å². The fraction of sp³-hybridized carbons (Fsp3) is 0.294. The second kappa shape index (κ2) is 6.14. The first-order chi connectivity index (χ1) is 9.52. The molecule has 3 heteroatoms. The molecule has 0 aromatic heterocycles. The maximum absolute atomic E-state index is 13.4. The van der Waals surface area contributed by atoms with Gasteiger partial charge in [-0.25, -0.2) is 8.78 Å². The fourth-order valence-corrected chi connectivity index (χ4v) is 2.33. The lowest BCUT2D eigenvalue weighted by Crippen LogP contribution is -2.22. The van der Waals surface area contributed by atoms with Gasteiger partial charge in [-0.15, -0.1) is 0 Å². The van der Waals surface area contributed by atoms with Crippen LogP contribution < -0.4 is 5.32 Å². The summed E-state index contributed by atoms with van der Waals surface area (Å²) in [6, 6.07) is 10.1. The molecule has 2 aromatic carbocycles. The van der Waals surface area contributed by atoms with Crippen LogP contribution in [0.3, 0.4) is 0 Å². The van der Waals surface area contributed by atoms with Gasteiger partial charge in [0, 0.05) is 0 Å². The molecule has 0 fully saturated rings. The lowest BCUT2D eigenvalue weighted by molar-refractivity contribution is 0.600. The van der Waals surface area contributed by atoms with E-state index in [2.05, 4.69) is 5.32 Å². The lowest BCUT2D eigenvalue weighted by Gasteiger charge is -2.20. The van der Waals surface area contributed by atoms with Crippen molar-refractivity contribution in [3.8, 4) is 0 Å². The topological polar surface area (TPSA) is 12.0 Å². The first-order valence-electron chi connectivity index (χ1n) is 6.78. The number of hydrogen-bond donors (Lipinski definition) is 1. The minimum atomic E-state index is -0.209. The second-order valence-electron chi connectivity index (χ2n) is 5.01. The van der Waals surface area contributed by atoms with E-state index in [0.29, 0.717) is 11.1 Å². The van der Waals surface area contributed by atoms with E-state index in [0.717, 1.165) is 17.7 Å². The number of aryl methyl sites for hydroxylation is 2. The Kier molecular flexibility index (Phi) is 4.50. The third kappa shape index (κ3) is 3.05. The molecule has 1 nitrogen and oxygen atoms in total. The minimum Gasteiger partial charge on any atom is -0.307 e. The van der Waals surface area contributed by atoms with E-state index in [1.54, 1.807) is 26.0 Å². The minimum absolute atomic E-state index is 0.0569. The molecule has 0 spiro atoms. The van der Waals surface area contributed by atoms with Gasteiger partial charge in [-0.05, 0) is 54.8 Å². The largest absolute Gasteiger partial charge is 0.307 e. The Hall–Kier alpha value is -1.74. The Morgan fingerprint density at radius 2 is 1.35 bits per heavy atom. The molecule has 0 atom stereocenters. The number of hydrogen-bond acceptors (Lipinski definition) is 1. The smallest absolute Gasteiger partial charge is 0.126 e. The SMILES string of the molecule is CCNC(c1ccc(F)c(C)c1)c1ccc(F)c(C)c1. The van der Waals surface area contributed by atoms with Crippen LogP contribution >= 0.6 is 0 Å². The van der Waals surface area contributed by atoms with Crippen molar-refractivity contribution in [2.75, 3.05) is 6.54 Å². The third-order valence-corrected chi connectivity index (χ3v) is 3.44. The Morgan fingerprint density at radius 1 is 0.900 bits per heavy atom. The van der Waals surface area contributed by atoms with Crippen molar-refractivity contribution in [1.29, 1.82) is 0 Å². The zero-order valence-electron chi connectivity index (χ0n) is 12.0. The van der Waals surface area contributed by atoms with Gasteiger partial charge in [0.05, 0.1) is 6.04 Å². The molecule has 0 heterocycles. The van der Waals surface area contributed by atoms with E-state index in [1.165, 1.54) is 12.1 Å². The zero-order chi connectivity index (χ0) is 14.7. The molecular weight excluding hydrogens is 256 g/mol. The van der Waals surface area contributed by atoms with E-state index in [-0.39, 0.29) is 17.7 Å². The van der Waals surface area contributed by atoms with Crippen molar-refractivity contribution in [2.24, 2.45) is 0 Å². The highest BCUT2D eigenvalue weighted by Gasteiger charge is 2.15. The first-order valence-corrected chi connectivity index (χ1v) is 6.78. The average molecular weight is 275 g/mol. The molecule has 0 saturated carbocycles. The summed E-state index contributed by atoms with van der Waals surface area (Å²) in [6.07, 6.45) is 0. The number of rotatable bonds is 4. The summed E-state index contributed by atoms with van der Waals surface area (Å²) in [5.41, 5.74) is 3.20. The van der Waals surface area contributed by atoms with Gasteiger partial charge in [0.1, 0.15) is 11.6 Å². The summed E-state index contributed by atoms with van der Waals surface area (Å²) < 4.78 is 26.8. The summed E-state index contributed by atoms with van der Waals surface area (Å²) in [4.78, 5) is 0. The van der Waals surface area contributed by atoms with Gasteiger partial charge >= 0.3 is 0 Å². The molecule has 1 N–H and O–H groups in total. The van der Waals surface area contributed by atoms with Crippen LogP contribution in [0, 0.1) is 25.5 Å². The number of benzene rings is 2. The maximum Gasteiger partial charge on any atom is 0.126 e. The third-order valence-electron chi connectivity index (χ3n) is 3.44. The molecule has 0 unspecified atom stereocenters. The van der Waals surface area contributed by atoms with Crippen LogP contribution in [0.2, 0.25) is 0 Å². The monoisotopic (exact) mass is 275 g/mol. The molecule has 0 amide bonds. The van der Waals surface area contributed by atoms with Crippen LogP contribution in [0.15, 0.2) is 36.4 Å². The Bertz CT molecular complexity index is 556. The molecule has 0 bridgehead atoms. The number of halogens is 2. The predicted octanol–water partition coefficient (Wildman–Crippen LogP) is 4.28. The molecule has 0 aliphatic heterocycles. The number of nitrogens with one attached hydrogen (secondary N) is 1. The van der Waals surface area contributed by atoms with E-state index in [4.69, 9.17) is 0 Å². The molecule has 2 rings (SSSR count). The second-order valence-corrected chi connectivity index (χ2v) is 5.01. The molecule has 0 saturated heterocycles. The van der Waals surface area contributed by atoms with Crippen molar-refractivity contribution in [3.63, 3.8) is 0 Å². The van der Waals surface area contributed by atoms with Gasteiger partial charge in [0.25, 0.3) is 0 Å². The maximum atomic E-state index is 13.4. The lowest BCUT2D eigenvalue weighted by atomic mass is 9.96. The zero-order valence-corrected chi connectivity index (χ0v) is 12.0. The van der Waals surface area contributed by atoms with Gasteiger partial charge in [0.2, 0.25) is 0 Å². The highest BCUT2D eigenvalue weighted by molar-refractivity contribution is 5.36. The van der Waals surface area contributed by atoms with E-state index >= 15 is 0 Å². The Morgan fingerprint density at radius 3 is 1.70 bits per heavy atom. The van der Waals surface area contributed by atoms with Crippen LogP contribution in [-0.2, 0) is 0 Å². The van der Waals surface area contributed by atoms with E-state index in [1.807, 2.05) is 19.1 Å². The molecule has 2 aromatic rings. The molecule has 0 aliphatic rings. The molecule has 106 valence electrons. The van der Waals surface area contributed by atoms with Gasteiger partial charge < -0.3 is 5.32 Å². The standard InChI is InChI=1S/C17H19F2N/c1-4-20-17(13-5-7-15(18)11(2)9-13)14-6-8-16(19)12(3)10-14/h5-10,17,20H,4H2,1-3H3. The van der Waals surface area contributed by atoms with Crippen molar-refractivity contribution < 1.29 is 8.78 Å². The van der Waals surface area contributed by atoms with Gasteiger partial charge in [0.15, 0.2) is 0 Å². The summed E-state index contributed by atoms with van der Waals surface area (Å²) >= 11 is 0. The van der Waals surface area contributed by atoms with Crippen LogP contribution in [0.4, 0.5) is 8.78 Å². The summed E-state index contributed by atoms with van der Waals surface area (Å²) in [6.45, 7) is 6.28. The van der Waals surface area contributed by atoms with E-state index < -0.39 is 0 Å². The molecular formula is C17H19F2N. The van der Waals surface area contributed by atoms with Crippen LogP contribution in [0.25, 0.3) is 0 Å². The average Bonchev–Trinajstić information content (AvgIpc) is 2.43.